The Bertz CT molecular complexity index is 728. The van der Waals surface area contributed by atoms with Crippen molar-refractivity contribution in [1.82, 2.24) is 9.78 Å². The lowest BCUT2D eigenvalue weighted by molar-refractivity contribution is 0.324. The molecule has 114 valence electrons. The first-order chi connectivity index (χ1) is 9.87. The van der Waals surface area contributed by atoms with Gasteiger partial charge in [-0.15, -0.1) is 0 Å². The highest BCUT2D eigenvalue weighted by Crippen LogP contribution is 2.12. The number of nitrogens with one attached hydrogen (secondary N) is 1. The van der Waals surface area contributed by atoms with E-state index in [2.05, 4.69) is 9.28 Å². The smallest absolute Gasteiger partial charge is 0.397 e. The topological polar surface area (TPSA) is 114 Å². The second kappa shape index (κ2) is 7.53. The average Bonchev–Trinajstić information content (AvgIpc) is 2.48. The van der Waals surface area contributed by atoms with Crippen LogP contribution < -0.4 is 10.1 Å². The van der Waals surface area contributed by atoms with Crippen LogP contribution in [0.1, 0.15) is 0 Å². The minimum absolute atomic E-state index is 0.332. The molecule has 1 heterocycles. The second-order valence-corrected chi connectivity index (χ2v) is 4.82. The molecule has 21 heavy (non-hydrogen) atoms. The fourth-order valence-corrected chi connectivity index (χ4v) is 1.32. The molecule has 2 aromatic rings. The number of rotatable bonds is 3. The van der Waals surface area contributed by atoms with E-state index in [0.717, 1.165) is 12.8 Å². The molecule has 0 atom stereocenters. The molecule has 0 saturated heterocycles. The summed E-state index contributed by atoms with van der Waals surface area (Å²) in [6, 6.07) is 11.3. The van der Waals surface area contributed by atoms with Gasteiger partial charge in [0.05, 0.1) is 31.5 Å². The van der Waals surface area contributed by atoms with Gasteiger partial charge in [-0.3, -0.25) is 14.1 Å². The zero-order valence-electron chi connectivity index (χ0n) is 11.4. The van der Waals surface area contributed by atoms with Crippen LogP contribution in [0, 0.1) is 5.41 Å². The third-order valence-corrected chi connectivity index (χ3v) is 2.64. The quantitative estimate of drug-likeness (QED) is 0.810. The molecule has 2 N–H and O–H groups in total. The Labute approximate surface area is 122 Å². The Morgan fingerprint density at radius 3 is 2.29 bits per heavy atom. The number of benzene rings is 1. The Morgan fingerprint density at radius 1 is 1.24 bits per heavy atom. The molecule has 0 amide bonds. The van der Waals surface area contributed by atoms with Crippen LogP contribution in [-0.2, 0) is 14.6 Å². The molecule has 0 aliphatic carbocycles. The molecular formula is C12H15N3O5S. The summed E-state index contributed by atoms with van der Waals surface area (Å²) in [5.41, 5.74) is 0.911. The van der Waals surface area contributed by atoms with Gasteiger partial charge in [0.25, 0.3) is 0 Å². The van der Waals surface area contributed by atoms with E-state index in [4.69, 9.17) is 14.7 Å². The molecule has 0 fully saturated rings. The number of ether oxygens (including phenoxy) is 1. The molecule has 0 aliphatic heterocycles. The highest BCUT2D eigenvalue weighted by molar-refractivity contribution is 7.80. The molecule has 0 spiro atoms. The maximum absolute atomic E-state index is 9.33. The lowest BCUT2D eigenvalue weighted by Crippen LogP contribution is -2.11. The van der Waals surface area contributed by atoms with E-state index in [-0.39, 0.29) is 0 Å². The van der Waals surface area contributed by atoms with Crippen LogP contribution >= 0.6 is 0 Å². The molecule has 0 aliphatic rings. The molecule has 0 saturated carbocycles. The molecule has 1 aromatic carbocycles. The van der Waals surface area contributed by atoms with Crippen molar-refractivity contribution < 1.29 is 21.9 Å². The molecule has 9 heteroatoms. The number of methoxy groups -OCH3 is 1. The van der Waals surface area contributed by atoms with Gasteiger partial charge in [0.1, 0.15) is 0 Å². The summed E-state index contributed by atoms with van der Waals surface area (Å²) in [4.78, 5) is 0. The van der Waals surface area contributed by atoms with E-state index in [0.29, 0.717) is 11.2 Å². The number of para-hydroxylation sites is 1. The minimum atomic E-state index is -4.16. The molecule has 1 aromatic heterocycles. The maximum Gasteiger partial charge on any atom is 0.397 e. The van der Waals surface area contributed by atoms with Gasteiger partial charge in [-0.2, -0.15) is 13.5 Å². The van der Waals surface area contributed by atoms with Crippen LogP contribution in [0.5, 0.6) is 5.88 Å². The van der Waals surface area contributed by atoms with Crippen LogP contribution in [-0.4, -0.2) is 37.0 Å². The van der Waals surface area contributed by atoms with Crippen molar-refractivity contribution in [1.29, 1.82) is 5.41 Å². The highest BCUT2D eigenvalue weighted by Gasteiger charge is 2.02. The first-order valence-corrected chi connectivity index (χ1v) is 7.00. The van der Waals surface area contributed by atoms with E-state index >= 15 is 0 Å². The Morgan fingerprint density at radius 2 is 1.81 bits per heavy atom. The molecule has 0 bridgehead atoms. The van der Waals surface area contributed by atoms with E-state index in [9.17, 15) is 8.42 Å². The second-order valence-electron chi connectivity index (χ2n) is 3.63. The molecular weight excluding hydrogens is 298 g/mol. The van der Waals surface area contributed by atoms with Crippen molar-refractivity contribution in [3.05, 3.63) is 48.0 Å². The maximum atomic E-state index is 9.33. The number of aromatic nitrogens is 2. The lowest BCUT2D eigenvalue weighted by Gasteiger charge is -2.09. The predicted octanol–water partition coefficient (Wildman–Crippen LogP) is 0.796. The number of hydrogen-bond acceptors (Lipinski definition) is 6. The van der Waals surface area contributed by atoms with Gasteiger partial charge in [0.15, 0.2) is 0 Å². The van der Waals surface area contributed by atoms with Crippen molar-refractivity contribution in [2.75, 3.05) is 14.2 Å². The Kier molecular flexibility index (Phi) is 6.03. The number of hydrogen-bond donors (Lipinski definition) is 2. The molecule has 2 rings (SSSR count). The van der Waals surface area contributed by atoms with E-state index in [1.54, 1.807) is 17.9 Å². The van der Waals surface area contributed by atoms with Crippen LogP contribution in [0.2, 0.25) is 0 Å². The standard InChI is InChI=1S/C11H11N3O.CH4O4S/c1-15-11-7-9(12)8-13-14(11)10-5-3-2-4-6-10;1-5-6(2,3)4/h2-8,12H,1H3;1H3,(H,2,3,4). The Hall–Kier alpha value is -2.23. The summed E-state index contributed by atoms with van der Waals surface area (Å²) >= 11 is 0. The normalized spacial score (nSPS) is 10.4. The van der Waals surface area contributed by atoms with E-state index < -0.39 is 10.4 Å². The minimum Gasteiger partial charge on any atom is -0.481 e. The first kappa shape index (κ1) is 16.8. The van der Waals surface area contributed by atoms with Crippen LogP contribution in [0.4, 0.5) is 0 Å². The lowest BCUT2D eigenvalue weighted by atomic mass is 10.3. The monoisotopic (exact) mass is 313 g/mol. The molecule has 0 unspecified atom stereocenters. The van der Waals surface area contributed by atoms with Crippen LogP contribution in [0.25, 0.3) is 5.69 Å². The average molecular weight is 313 g/mol. The van der Waals surface area contributed by atoms with Gasteiger partial charge >= 0.3 is 10.4 Å². The van der Waals surface area contributed by atoms with Gasteiger partial charge in [-0.1, -0.05) is 18.2 Å². The Balaban J connectivity index is 0.000000315. The summed E-state index contributed by atoms with van der Waals surface area (Å²) in [7, 11) is -1.73. The largest absolute Gasteiger partial charge is 0.481 e. The SMILES string of the molecule is COS(=O)(=O)O.COc1cc(=N)cnn1-c1ccccc1. The zero-order valence-corrected chi connectivity index (χ0v) is 12.2. The third-order valence-electron chi connectivity index (χ3n) is 2.22. The van der Waals surface area contributed by atoms with Gasteiger partial charge < -0.3 is 4.74 Å². The van der Waals surface area contributed by atoms with Gasteiger partial charge in [-0.25, -0.2) is 4.68 Å². The third kappa shape index (κ3) is 5.73. The van der Waals surface area contributed by atoms with Gasteiger partial charge in [0, 0.05) is 6.07 Å². The van der Waals surface area contributed by atoms with Crippen molar-refractivity contribution in [2.24, 2.45) is 0 Å². The fourth-order valence-electron chi connectivity index (χ4n) is 1.32. The summed E-state index contributed by atoms with van der Waals surface area (Å²) in [5.74, 6) is 0.550. The summed E-state index contributed by atoms with van der Waals surface area (Å²) in [6.07, 6.45) is 1.48. The van der Waals surface area contributed by atoms with E-state index in [1.165, 1.54) is 6.20 Å². The van der Waals surface area contributed by atoms with E-state index in [1.807, 2.05) is 30.3 Å². The van der Waals surface area contributed by atoms with Crippen molar-refractivity contribution in [3.63, 3.8) is 0 Å². The van der Waals surface area contributed by atoms with Crippen LogP contribution in [0.3, 0.4) is 0 Å². The highest BCUT2D eigenvalue weighted by atomic mass is 32.3. The molecule has 0 radical (unpaired) electrons. The fraction of sp³-hybridized carbons (Fsp3) is 0.167. The summed E-state index contributed by atoms with van der Waals surface area (Å²) in [5, 5.41) is 11.9. The first-order valence-electron chi connectivity index (χ1n) is 5.64. The zero-order chi connectivity index (χ0) is 15.9. The van der Waals surface area contributed by atoms with Crippen molar-refractivity contribution in [3.8, 4) is 11.6 Å². The van der Waals surface area contributed by atoms with Crippen molar-refractivity contribution in [2.45, 2.75) is 0 Å². The summed E-state index contributed by atoms with van der Waals surface area (Å²) in [6.45, 7) is 0. The predicted molar refractivity (Wildman–Crippen MR) is 74.5 cm³/mol. The molecule has 8 nitrogen and oxygen atoms in total. The van der Waals surface area contributed by atoms with Crippen LogP contribution in [0.15, 0.2) is 42.6 Å². The van der Waals surface area contributed by atoms with Gasteiger partial charge in [0.2, 0.25) is 5.88 Å². The number of nitrogens with zero attached hydrogens (tertiary/aromatic N) is 2. The van der Waals surface area contributed by atoms with Gasteiger partial charge in [-0.05, 0) is 12.1 Å². The summed E-state index contributed by atoms with van der Waals surface area (Å²) < 4.78 is 36.5. The van der Waals surface area contributed by atoms with Crippen molar-refractivity contribution >= 4 is 10.4 Å².